The summed E-state index contributed by atoms with van der Waals surface area (Å²) in [5.74, 6) is -0.201. The quantitative estimate of drug-likeness (QED) is 0.692. The van der Waals surface area contributed by atoms with Crippen LogP contribution in [0.1, 0.15) is 11.3 Å². The summed E-state index contributed by atoms with van der Waals surface area (Å²) in [5.41, 5.74) is 3.28. The summed E-state index contributed by atoms with van der Waals surface area (Å²) in [4.78, 5) is 9.01. The van der Waals surface area contributed by atoms with Crippen LogP contribution < -0.4 is 4.90 Å². The second kappa shape index (κ2) is 7.67. The van der Waals surface area contributed by atoms with E-state index in [2.05, 4.69) is 26.8 Å². The molecule has 1 aromatic carbocycles. The summed E-state index contributed by atoms with van der Waals surface area (Å²) < 4.78 is 29.9. The second-order valence-corrected chi connectivity index (χ2v) is 7.14. The number of pyridine rings is 1. The summed E-state index contributed by atoms with van der Waals surface area (Å²) in [5, 5.41) is 4.31. The molecule has 5 nitrogen and oxygen atoms in total. The van der Waals surface area contributed by atoms with E-state index in [1.807, 2.05) is 17.9 Å². The highest BCUT2D eigenvalue weighted by molar-refractivity contribution is 5.76. The molecule has 2 aromatic heterocycles. The lowest BCUT2D eigenvalue weighted by Crippen LogP contribution is -2.46. The Bertz CT molecular complexity index is 977. The van der Waals surface area contributed by atoms with Gasteiger partial charge in [-0.25, -0.2) is 13.8 Å². The molecule has 3 aromatic rings. The van der Waals surface area contributed by atoms with Crippen molar-refractivity contribution < 1.29 is 8.78 Å². The number of hydrogen-bond acceptors (Lipinski definition) is 4. The number of hydrogen-bond donors (Lipinski definition) is 0. The highest BCUT2D eigenvalue weighted by Gasteiger charge is 2.22. The molecule has 7 heteroatoms. The average Bonchev–Trinajstić information content (AvgIpc) is 3.02. The van der Waals surface area contributed by atoms with Crippen LogP contribution in [0.2, 0.25) is 0 Å². The molecule has 0 unspecified atom stereocenters. The molecule has 1 aliphatic rings. The molecule has 146 valence electrons. The lowest BCUT2D eigenvalue weighted by molar-refractivity contribution is 0.249. The Morgan fingerprint density at radius 3 is 2.54 bits per heavy atom. The predicted molar refractivity (Wildman–Crippen MR) is 105 cm³/mol. The van der Waals surface area contributed by atoms with Crippen molar-refractivity contribution in [1.29, 1.82) is 0 Å². The van der Waals surface area contributed by atoms with E-state index in [0.717, 1.165) is 44.9 Å². The van der Waals surface area contributed by atoms with Crippen molar-refractivity contribution in [3.05, 3.63) is 65.6 Å². The first-order valence-corrected chi connectivity index (χ1v) is 9.38. The van der Waals surface area contributed by atoms with Gasteiger partial charge in [0.05, 0.1) is 6.20 Å². The fraction of sp³-hybridized carbons (Fsp3) is 0.333. The Hall–Kier alpha value is -2.80. The maximum absolute atomic E-state index is 14.3. The number of benzene rings is 1. The van der Waals surface area contributed by atoms with Gasteiger partial charge in [0.2, 0.25) is 0 Å². The highest BCUT2D eigenvalue weighted by atomic mass is 19.1. The Labute approximate surface area is 163 Å². The average molecular weight is 383 g/mol. The molecule has 4 rings (SSSR count). The van der Waals surface area contributed by atoms with E-state index in [-0.39, 0.29) is 5.56 Å². The van der Waals surface area contributed by atoms with E-state index >= 15 is 0 Å². The molecular formula is C21H23F2N5. The van der Waals surface area contributed by atoms with Gasteiger partial charge >= 0.3 is 0 Å². The third-order valence-electron chi connectivity index (χ3n) is 5.41. The van der Waals surface area contributed by atoms with Crippen LogP contribution in [-0.2, 0) is 13.6 Å². The smallest absolute Gasteiger partial charge is 0.136 e. The Kier molecular flexibility index (Phi) is 5.09. The first-order valence-electron chi connectivity index (χ1n) is 9.38. The number of halogens is 2. The SMILES string of the molecule is Cc1c(CN2CCN(c3ncccc3-c3cc(F)ccc3F)CC2)cnn1C. The van der Waals surface area contributed by atoms with E-state index in [4.69, 9.17) is 0 Å². The minimum Gasteiger partial charge on any atom is -0.354 e. The molecular weight excluding hydrogens is 360 g/mol. The largest absolute Gasteiger partial charge is 0.354 e. The van der Waals surface area contributed by atoms with Gasteiger partial charge in [0.25, 0.3) is 0 Å². The van der Waals surface area contributed by atoms with Gasteiger partial charge in [-0.15, -0.1) is 0 Å². The molecule has 0 atom stereocenters. The van der Waals surface area contributed by atoms with Crippen LogP contribution in [0, 0.1) is 18.6 Å². The van der Waals surface area contributed by atoms with E-state index < -0.39 is 11.6 Å². The zero-order chi connectivity index (χ0) is 19.7. The minimum atomic E-state index is -0.456. The molecule has 0 radical (unpaired) electrons. The Morgan fingerprint density at radius 1 is 1.04 bits per heavy atom. The standard InChI is InChI=1S/C21H23F2N5/c1-15-16(13-25-26(15)2)14-27-8-10-28(11-9-27)21-18(4-3-7-24-21)19-12-17(22)5-6-20(19)23/h3-7,12-13H,8-11,14H2,1-2H3. The van der Waals surface area contributed by atoms with Gasteiger partial charge in [-0.2, -0.15) is 5.10 Å². The molecule has 0 amide bonds. The lowest BCUT2D eigenvalue weighted by atomic mass is 10.0. The van der Waals surface area contributed by atoms with Gasteiger partial charge in [-0.05, 0) is 37.3 Å². The minimum absolute atomic E-state index is 0.247. The third kappa shape index (κ3) is 3.62. The van der Waals surface area contributed by atoms with E-state index in [9.17, 15) is 8.78 Å². The van der Waals surface area contributed by atoms with Crippen LogP contribution in [0.3, 0.4) is 0 Å². The summed E-state index contributed by atoms with van der Waals surface area (Å²) in [6, 6.07) is 7.08. The summed E-state index contributed by atoms with van der Waals surface area (Å²) in [6.45, 7) is 6.24. The molecule has 3 heterocycles. The molecule has 0 aliphatic carbocycles. The maximum Gasteiger partial charge on any atom is 0.136 e. The molecule has 1 saturated heterocycles. The topological polar surface area (TPSA) is 37.2 Å². The van der Waals surface area contributed by atoms with Gasteiger partial charge < -0.3 is 4.90 Å². The van der Waals surface area contributed by atoms with Crippen LogP contribution in [0.4, 0.5) is 14.6 Å². The number of anilines is 1. The second-order valence-electron chi connectivity index (χ2n) is 7.14. The van der Waals surface area contributed by atoms with Crippen LogP contribution >= 0.6 is 0 Å². The summed E-state index contributed by atoms with van der Waals surface area (Å²) in [7, 11) is 1.95. The molecule has 1 fully saturated rings. The number of piperazine rings is 1. The first-order chi connectivity index (χ1) is 13.5. The fourth-order valence-electron chi connectivity index (χ4n) is 3.62. The fourth-order valence-corrected chi connectivity index (χ4v) is 3.62. The van der Waals surface area contributed by atoms with Gasteiger partial charge in [0.1, 0.15) is 17.5 Å². The van der Waals surface area contributed by atoms with Crippen molar-refractivity contribution >= 4 is 5.82 Å². The zero-order valence-electron chi connectivity index (χ0n) is 16.1. The number of rotatable bonds is 4. The van der Waals surface area contributed by atoms with E-state index in [1.165, 1.54) is 17.3 Å². The summed E-state index contributed by atoms with van der Waals surface area (Å²) >= 11 is 0. The van der Waals surface area contributed by atoms with Gasteiger partial charge in [0.15, 0.2) is 0 Å². The first kappa shape index (κ1) is 18.6. The number of aromatic nitrogens is 3. The van der Waals surface area contributed by atoms with Crippen molar-refractivity contribution in [1.82, 2.24) is 19.7 Å². The van der Waals surface area contributed by atoms with Crippen LogP contribution in [-0.4, -0.2) is 45.8 Å². The normalized spacial score (nSPS) is 15.2. The predicted octanol–water partition coefficient (Wildman–Crippen LogP) is 3.39. The third-order valence-corrected chi connectivity index (χ3v) is 5.41. The molecule has 0 bridgehead atoms. The molecule has 0 saturated carbocycles. The molecule has 28 heavy (non-hydrogen) atoms. The molecule has 0 spiro atoms. The Morgan fingerprint density at radius 2 is 1.82 bits per heavy atom. The van der Waals surface area contributed by atoms with E-state index in [0.29, 0.717) is 11.4 Å². The molecule has 0 N–H and O–H groups in total. The van der Waals surface area contributed by atoms with Crippen molar-refractivity contribution in [2.45, 2.75) is 13.5 Å². The van der Waals surface area contributed by atoms with E-state index in [1.54, 1.807) is 18.3 Å². The van der Waals surface area contributed by atoms with Crippen molar-refractivity contribution in [3.8, 4) is 11.1 Å². The Balaban J connectivity index is 1.51. The zero-order valence-corrected chi connectivity index (χ0v) is 16.1. The number of nitrogens with zero attached hydrogens (tertiary/aromatic N) is 5. The van der Waals surface area contributed by atoms with Crippen molar-refractivity contribution in [2.75, 3.05) is 31.1 Å². The lowest BCUT2D eigenvalue weighted by Gasteiger charge is -2.36. The van der Waals surface area contributed by atoms with Gasteiger partial charge in [-0.1, -0.05) is 0 Å². The highest BCUT2D eigenvalue weighted by Crippen LogP contribution is 2.32. The summed E-state index contributed by atoms with van der Waals surface area (Å²) in [6.07, 6.45) is 3.62. The molecule has 1 aliphatic heterocycles. The van der Waals surface area contributed by atoms with Crippen molar-refractivity contribution in [2.24, 2.45) is 7.05 Å². The van der Waals surface area contributed by atoms with Crippen LogP contribution in [0.5, 0.6) is 0 Å². The number of aryl methyl sites for hydroxylation is 1. The van der Waals surface area contributed by atoms with Gasteiger partial charge in [0, 0.05) is 68.4 Å². The van der Waals surface area contributed by atoms with Gasteiger partial charge in [-0.3, -0.25) is 9.58 Å². The van der Waals surface area contributed by atoms with Crippen LogP contribution in [0.25, 0.3) is 11.1 Å². The maximum atomic E-state index is 14.3. The van der Waals surface area contributed by atoms with Crippen molar-refractivity contribution in [3.63, 3.8) is 0 Å². The van der Waals surface area contributed by atoms with Crippen LogP contribution in [0.15, 0.2) is 42.7 Å². The monoisotopic (exact) mass is 383 g/mol.